The summed E-state index contributed by atoms with van der Waals surface area (Å²) in [6.45, 7) is 4.41. The Balaban J connectivity index is 1.47. The number of carbonyl (C=O) groups is 1. The second-order valence-corrected chi connectivity index (χ2v) is 21.9. The molecule has 0 spiro atoms. The summed E-state index contributed by atoms with van der Waals surface area (Å²) in [6.07, 6.45) is -0.832. The summed E-state index contributed by atoms with van der Waals surface area (Å²) in [5.74, 6) is 0.936. The highest BCUT2D eigenvalue weighted by Gasteiger charge is 2.38. The van der Waals surface area contributed by atoms with Gasteiger partial charge in [-0.1, -0.05) is 54.6 Å². The molecular weight excluding hydrogens is 959 g/mol. The number of hydrogen-bond acceptors (Lipinski definition) is 14. The van der Waals surface area contributed by atoms with Gasteiger partial charge in [-0.2, -0.15) is 9.10 Å². The van der Waals surface area contributed by atoms with Gasteiger partial charge in [0.2, 0.25) is 15.8 Å². The van der Waals surface area contributed by atoms with E-state index in [0.29, 0.717) is 43.4 Å². The SMILES string of the molecule is COc1ccc(CN(Cc2ccc(OC)cc2)S(=O)(=O)c2c(S(=O)(=O)CCNC(=O)OC(C)(C)C)ccc(-c3cccc4sc(Br)nc34)c2-c2nnn(Cc3ccc(OC)cc3)n2)cc1. The molecule has 0 saturated heterocycles. The number of tetrazole rings is 1. The summed E-state index contributed by atoms with van der Waals surface area (Å²) < 4.78 is 85.6. The minimum Gasteiger partial charge on any atom is -0.497 e. The molecule has 16 nitrogen and oxygen atoms in total. The summed E-state index contributed by atoms with van der Waals surface area (Å²) in [7, 11) is -4.83. The molecule has 0 aliphatic heterocycles. The summed E-state index contributed by atoms with van der Waals surface area (Å²) in [6, 6.07) is 29.3. The fourth-order valence-electron chi connectivity index (χ4n) is 6.89. The quantitative estimate of drug-likeness (QED) is 0.0920. The maximum atomic E-state index is 16.0. The van der Waals surface area contributed by atoms with Crippen LogP contribution < -0.4 is 19.5 Å². The molecule has 340 valence electrons. The van der Waals surface area contributed by atoms with Gasteiger partial charge in [-0.05, 0) is 113 Å². The Morgan fingerprint density at radius 1 is 0.769 bits per heavy atom. The lowest BCUT2D eigenvalue weighted by atomic mass is 9.98. The van der Waals surface area contributed by atoms with Gasteiger partial charge in [0.1, 0.15) is 27.7 Å². The molecule has 7 rings (SSSR count). The lowest BCUT2D eigenvalue weighted by molar-refractivity contribution is 0.0531. The van der Waals surface area contributed by atoms with Crippen molar-refractivity contribution >= 4 is 63.4 Å². The Bertz CT molecular complexity index is 2980. The van der Waals surface area contributed by atoms with Gasteiger partial charge < -0.3 is 24.3 Å². The fourth-order valence-corrected chi connectivity index (χ4v) is 11.9. The molecule has 1 N–H and O–H groups in total. The zero-order valence-corrected chi connectivity index (χ0v) is 40.3. The maximum Gasteiger partial charge on any atom is 0.407 e. The normalized spacial score (nSPS) is 12.1. The van der Waals surface area contributed by atoms with Crippen molar-refractivity contribution in [3.8, 4) is 39.8 Å². The first-order valence-electron chi connectivity index (χ1n) is 20.1. The first kappa shape index (κ1) is 47.0. The number of benzene rings is 5. The average molecular weight is 1010 g/mol. The van der Waals surface area contributed by atoms with E-state index in [2.05, 4.69) is 31.6 Å². The maximum absolute atomic E-state index is 16.0. The summed E-state index contributed by atoms with van der Waals surface area (Å²) in [5, 5.41) is 16.0. The fraction of sp³-hybridized carbons (Fsp3) is 0.267. The third-order valence-corrected chi connectivity index (χ3v) is 15.2. The van der Waals surface area contributed by atoms with Crippen LogP contribution in [0.1, 0.15) is 37.5 Å². The van der Waals surface area contributed by atoms with Gasteiger partial charge in [-0.25, -0.2) is 26.6 Å². The van der Waals surface area contributed by atoms with Crippen molar-refractivity contribution in [1.29, 1.82) is 0 Å². The van der Waals surface area contributed by atoms with Gasteiger partial charge in [0.15, 0.2) is 13.8 Å². The number of nitrogens with one attached hydrogen (secondary N) is 1. The Morgan fingerprint density at radius 3 is 1.89 bits per heavy atom. The zero-order valence-electron chi connectivity index (χ0n) is 36.3. The van der Waals surface area contributed by atoms with Crippen molar-refractivity contribution in [2.45, 2.75) is 55.8 Å². The number of sulfonamides is 1. The van der Waals surface area contributed by atoms with Crippen molar-refractivity contribution < 1.29 is 40.6 Å². The van der Waals surface area contributed by atoms with Gasteiger partial charge in [-0.15, -0.1) is 21.5 Å². The predicted molar refractivity (Wildman–Crippen MR) is 250 cm³/mol. The smallest absolute Gasteiger partial charge is 0.407 e. The van der Waals surface area contributed by atoms with E-state index < -0.39 is 53.6 Å². The molecule has 0 saturated carbocycles. The number of carbonyl (C=O) groups excluding carboxylic acids is 1. The van der Waals surface area contributed by atoms with E-state index in [0.717, 1.165) is 10.3 Å². The van der Waals surface area contributed by atoms with Gasteiger partial charge in [0, 0.05) is 25.2 Å². The summed E-state index contributed by atoms with van der Waals surface area (Å²) in [4.78, 5) is 17.6. The number of ether oxygens (including phenoxy) is 4. The van der Waals surface area contributed by atoms with Crippen LogP contribution in [0.4, 0.5) is 4.79 Å². The van der Waals surface area contributed by atoms with Crippen molar-refractivity contribution in [3.63, 3.8) is 0 Å². The molecule has 0 unspecified atom stereocenters. The number of hydrogen-bond donors (Lipinski definition) is 1. The topological polar surface area (TPSA) is 194 Å². The number of para-hydroxylation sites is 1. The van der Waals surface area contributed by atoms with Gasteiger partial charge in [0.05, 0.1) is 54.3 Å². The molecule has 20 heteroatoms. The Morgan fingerprint density at radius 2 is 1.34 bits per heavy atom. The highest BCUT2D eigenvalue weighted by molar-refractivity contribution is 9.11. The second-order valence-electron chi connectivity index (χ2n) is 15.6. The van der Waals surface area contributed by atoms with Crippen LogP contribution in [0.5, 0.6) is 17.2 Å². The van der Waals surface area contributed by atoms with Gasteiger partial charge in [-0.3, -0.25) is 0 Å². The average Bonchev–Trinajstić information content (AvgIpc) is 3.91. The van der Waals surface area contributed by atoms with Crippen molar-refractivity contribution in [1.82, 2.24) is 34.8 Å². The van der Waals surface area contributed by atoms with Crippen molar-refractivity contribution in [3.05, 3.63) is 124 Å². The van der Waals surface area contributed by atoms with E-state index in [4.69, 9.17) is 29.0 Å². The van der Waals surface area contributed by atoms with Crippen LogP contribution in [-0.4, -0.2) is 91.7 Å². The van der Waals surface area contributed by atoms with Crippen LogP contribution in [0, 0.1) is 0 Å². The largest absolute Gasteiger partial charge is 0.497 e. The van der Waals surface area contributed by atoms with E-state index in [-0.39, 0.29) is 36.6 Å². The second kappa shape index (κ2) is 19.7. The molecule has 0 aliphatic carbocycles. The molecule has 0 atom stereocenters. The van der Waals surface area contributed by atoms with E-state index in [9.17, 15) is 13.2 Å². The number of methoxy groups -OCH3 is 3. The number of amides is 1. The zero-order chi connectivity index (χ0) is 46.5. The van der Waals surface area contributed by atoms with E-state index in [1.165, 1.54) is 46.8 Å². The highest BCUT2D eigenvalue weighted by atomic mass is 79.9. The van der Waals surface area contributed by atoms with Crippen molar-refractivity contribution in [2.24, 2.45) is 0 Å². The lowest BCUT2D eigenvalue weighted by Gasteiger charge is -2.26. The molecule has 2 aromatic heterocycles. The molecular formula is C45H46BrN7O9S3. The van der Waals surface area contributed by atoms with E-state index >= 15 is 8.42 Å². The van der Waals surface area contributed by atoms with Crippen LogP contribution in [0.2, 0.25) is 0 Å². The van der Waals surface area contributed by atoms with Crippen LogP contribution >= 0.6 is 27.3 Å². The predicted octanol–water partition coefficient (Wildman–Crippen LogP) is 8.14. The number of fused-ring (bicyclic) bond motifs is 1. The molecule has 1 amide bonds. The van der Waals surface area contributed by atoms with E-state index in [1.54, 1.807) is 101 Å². The van der Waals surface area contributed by atoms with Gasteiger partial charge >= 0.3 is 6.09 Å². The van der Waals surface area contributed by atoms with Gasteiger partial charge in [0.25, 0.3) is 0 Å². The number of alkyl carbamates (subject to hydrolysis) is 1. The van der Waals surface area contributed by atoms with Crippen LogP contribution in [0.25, 0.3) is 32.7 Å². The summed E-state index contributed by atoms with van der Waals surface area (Å²) in [5.41, 5.74) is 2.33. The Hall–Kier alpha value is -5.93. The number of nitrogens with zero attached hydrogens (tertiary/aromatic N) is 6. The number of thiazole rings is 1. The molecule has 2 heterocycles. The molecule has 0 fully saturated rings. The highest BCUT2D eigenvalue weighted by Crippen LogP contribution is 2.44. The Kier molecular flexibility index (Phi) is 14.2. The lowest BCUT2D eigenvalue weighted by Crippen LogP contribution is -2.35. The third kappa shape index (κ3) is 11.1. The first-order valence-corrected chi connectivity index (χ1v) is 24.8. The number of halogens is 1. The minimum absolute atomic E-state index is 0.113. The standard InChI is InChI=1S/C45H46BrN7O9S3/c1-45(2,3)62-44(54)47-24-25-64(55,56)38-23-22-35(36-8-7-9-37-40(36)48-43(46)63-37)39(42-49-51-53(50-42)28-31-14-20-34(61-6)21-15-31)41(38)65(57,58)52(26-29-10-16-32(59-4)17-11-29)27-30-12-18-33(60-5)19-13-30/h7-23H,24-28H2,1-6H3,(H,47,54). The molecule has 0 bridgehead atoms. The van der Waals surface area contributed by atoms with Crippen LogP contribution in [0.15, 0.2) is 117 Å². The molecule has 7 aromatic rings. The molecule has 0 radical (unpaired) electrons. The van der Waals surface area contributed by atoms with Crippen LogP contribution in [0.3, 0.4) is 0 Å². The molecule has 5 aromatic carbocycles. The number of sulfone groups is 1. The number of rotatable bonds is 17. The number of aromatic nitrogens is 5. The minimum atomic E-state index is -4.90. The molecule has 65 heavy (non-hydrogen) atoms. The van der Waals surface area contributed by atoms with E-state index in [1.807, 2.05) is 18.2 Å². The third-order valence-electron chi connectivity index (χ3n) is 9.97. The van der Waals surface area contributed by atoms with Crippen molar-refractivity contribution in [2.75, 3.05) is 33.6 Å². The van der Waals surface area contributed by atoms with Crippen LogP contribution in [-0.2, 0) is 44.2 Å². The first-order chi connectivity index (χ1) is 31.0. The monoisotopic (exact) mass is 1000 g/mol. The summed E-state index contributed by atoms with van der Waals surface area (Å²) >= 11 is 4.88. The molecule has 0 aliphatic rings. The Labute approximate surface area is 389 Å².